The lowest BCUT2D eigenvalue weighted by Gasteiger charge is -2.12. The third-order valence-electron chi connectivity index (χ3n) is 4.70. The molecule has 2 N–H and O–H groups in total. The summed E-state index contributed by atoms with van der Waals surface area (Å²) in [5.74, 6) is 1.15. The van der Waals surface area contributed by atoms with Crippen LogP contribution >= 0.6 is 11.3 Å². The van der Waals surface area contributed by atoms with Crippen molar-refractivity contribution in [3.63, 3.8) is 0 Å². The van der Waals surface area contributed by atoms with Crippen molar-refractivity contribution in [3.05, 3.63) is 45.3 Å². The normalized spacial score (nSPS) is 11.1. The van der Waals surface area contributed by atoms with Crippen LogP contribution in [0.5, 0.6) is 5.75 Å². The lowest BCUT2D eigenvalue weighted by atomic mass is 10.0. The first-order valence-electron chi connectivity index (χ1n) is 9.41. The topological polar surface area (TPSA) is 87.2 Å². The first-order valence-corrected chi connectivity index (χ1v) is 10.2. The van der Waals surface area contributed by atoms with E-state index in [0.717, 1.165) is 38.8 Å². The van der Waals surface area contributed by atoms with E-state index in [2.05, 4.69) is 6.92 Å². The second kappa shape index (κ2) is 8.56. The number of amides is 1. The lowest BCUT2D eigenvalue weighted by molar-refractivity contribution is -0.118. The zero-order valence-corrected chi connectivity index (χ0v) is 17.3. The number of carbonyl (C=O) groups excluding carboxylic acids is 1. The third kappa shape index (κ3) is 3.94. The molecular weight excluding hydrogens is 374 g/mol. The number of benzene rings is 1. The monoisotopic (exact) mass is 399 g/mol. The first kappa shape index (κ1) is 20.1. The molecule has 0 atom stereocenters. The zero-order chi connectivity index (χ0) is 20.3. The summed E-state index contributed by atoms with van der Waals surface area (Å²) in [5.41, 5.74) is 7.05. The molecule has 2 heterocycles. The predicted octanol–water partition coefficient (Wildman–Crippen LogP) is 3.66. The largest absolute Gasteiger partial charge is 0.497 e. The number of nitrogens with zero attached hydrogens (tertiary/aromatic N) is 2. The number of primary amides is 1. The Bertz CT molecular complexity index is 1070. The van der Waals surface area contributed by atoms with E-state index in [9.17, 15) is 9.59 Å². The molecule has 0 aliphatic rings. The maximum absolute atomic E-state index is 13.4. The molecule has 0 aliphatic carbocycles. The average Bonchev–Trinajstić information content (AvgIpc) is 3.00. The van der Waals surface area contributed by atoms with Gasteiger partial charge in [0.15, 0.2) is 0 Å². The van der Waals surface area contributed by atoms with E-state index >= 15 is 0 Å². The molecule has 0 spiro atoms. The summed E-state index contributed by atoms with van der Waals surface area (Å²) in [5, 5.41) is 0.634. The van der Waals surface area contributed by atoms with Gasteiger partial charge in [0.25, 0.3) is 5.56 Å². The van der Waals surface area contributed by atoms with Gasteiger partial charge in [-0.3, -0.25) is 14.2 Å². The van der Waals surface area contributed by atoms with Crippen molar-refractivity contribution in [2.75, 3.05) is 7.11 Å². The molecule has 1 amide bonds. The van der Waals surface area contributed by atoms with Crippen LogP contribution in [-0.4, -0.2) is 22.6 Å². The van der Waals surface area contributed by atoms with Crippen molar-refractivity contribution in [2.45, 2.75) is 46.1 Å². The maximum atomic E-state index is 13.4. The van der Waals surface area contributed by atoms with Crippen LogP contribution in [0.3, 0.4) is 0 Å². The van der Waals surface area contributed by atoms with Gasteiger partial charge in [0.2, 0.25) is 5.91 Å². The van der Waals surface area contributed by atoms with Crippen LogP contribution < -0.4 is 16.0 Å². The van der Waals surface area contributed by atoms with E-state index < -0.39 is 0 Å². The second-order valence-electron chi connectivity index (χ2n) is 6.75. The highest BCUT2D eigenvalue weighted by Crippen LogP contribution is 2.37. The highest BCUT2D eigenvalue weighted by Gasteiger charge is 2.20. The van der Waals surface area contributed by atoms with Crippen LogP contribution in [-0.2, 0) is 17.8 Å². The molecule has 3 aromatic rings. The molecule has 2 aromatic heterocycles. The maximum Gasteiger partial charge on any atom is 0.262 e. The fourth-order valence-electron chi connectivity index (χ4n) is 3.42. The van der Waals surface area contributed by atoms with Crippen LogP contribution in [0.25, 0.3) is 21.3 Å². The second-order valence-corrected chi connectivity index (χ2v) is 7.95. The van der Waals surface area contributed by atoms with Crippen molar-refractivity contribution >= 4 is 27.5 Å². The van der Waals surface area contributed by atoms with Crippen LogP contribution in [0.4, 0.5) is 0 Å². The molecule has 1 aromatic carbocycles. The molecule has 0 saturated carbocycles. The molecule has 0 unspecified atom stereocenters. The van der Waals surface area contributed by atoms with E-state index in [-0.39, 0.29) is 17.9 Å². The van der Waals surface area contributed by atoms with Gasteiger partial charge >= 0.3 is 0 Å². The lowest BCUT2D eigenvalue weighted by Crippen LogP contribution is -2.26. The molecule has 3 rings (SSSR count). The fourth-order valence-corrected chi connectivity index (χ4v) is 4.47. The number of methoxy groups -OCH3 is 1. The molecule has 0 saturated heterocycles. The number of rotatable bonds is 8. The molecule has 0 fully saturated rings. The number of hydrogen-bond acceptors (Lipinski definition) is 5. The number of thiophene rings is 1. The number of ether oxygens (including phenoxy) is 1. The average molecular weight is 400 g/mol. The standard InChI is InChI=1S/C21H25N3O3S/c1-4-7-17-23-20-19(21(26)24(17)11-6-10-16(22)25)18(13(2)28-20)14-8-5-9-15(12-14)27-3/h5,8-9,12H,4,6-7,10-11H2,1-3H3,(H2,22,25). The van der Waals surface area contributed by atoms with E-state index in [4.69, 9.17) is 15.5 Å². The van der Waals surface area contributed by atoms with E-state index in [1.807, 2.05) is 31.2 Å². The first-order chi connectivity index (χ1) is 13.5. The van der Waals surface area contributed by atoms with Crippen LogP contribution in [0.2, 0.25) is 0 Å². The molecule has 148 valence electrons. The number of aromatic nitrogens is 2. The summed E-state index contributed by atoms with van der Waals surface area (Å²) in [4.78, 5) is 31.2. The van der Waals surface area contributed by atoms with Gasteiger partial charge < -0.3 is 10.5 Å². The van der Waals surface area contributed by atoms with Crippen molar-refractivity contribution in [2.24, 2.45) is 5.73 Å². The summed E-state index contributed by atoms with van der Waals surface area (Å²) in [6.45, 7) is 4.51. The highest BCUT2D eigenvalue weighted by molar-refractivity contribution is 7.19. The number of carbonyl (C=O) groups is 1. The summed E-state index contributed by atoms with van der Waals surface area (Å²) < 4.78 is 7.06. The zero-order valence-electron chi connectivity index (χ0n) is 16.4. The molecular formula is C21H25N3O3S. The van der Waals surface area contributed by atoms with Crippen molar-refractivity contribution < 1.29 is 9.53 Å². The minimum Gasteiger partial charge on any atom is -0.497 e. The van der Waals surface area contributed by atoms with Gasteiger partial charge in [0, 0.05) is 29.8 Å². The van der Waals surface area contributed by atoms with Crippen molar-refractivity contribution in [3.8, 4) is 16.9 Å². The van der Waals surface area contributed by atoms with E-state index in [1.54, 1.807) is 11.7 Å². The molecule has 0 bridgehead atoms. The predicted molar refractivity (Wildman–Crippen MR) is 113 cm³/mol. The van der Waals surface area contributed by atoms with E-state index in [1.165, 1.54) is 11.3 Å². The minimum absolute atomic E-state index is 0.0555. The summed E-state index contributed by atoms with van der Waals surface area (Å²) in [6, 6.07) is 7.72. The Morgan fingerprint density at radius 2 is 2.14 bits per heavy atom. The number of hydrogen-bond donors (Lipinski definition) is 1. The summed E-state index contributed by atoms with van der Waals surface area (Å²) in [6.07, 6.45) is 2.38. The van der Waals surface area contributed by atoms with Crippen LogP contribution in [0.1, 0.15) is 36.9 Å². The smallest absolute Gasteiger partial charge is 0.262 e. The molecule has 28 heavy (non-hydrogen) atoms. The van der Waals surface area contributed by atoms with Crippen molar-refractivity contribution in [1.29, 1.82) is 0 Å². The van der Waals surface area contributed by atoms with Crippen LogP contribution in [0, 0.1) is 6.92 Å². The van der Waals surface area contributed by atoms with Gasteiger partial charge in [0.05, 0.1) is 12.5 Å². The number of fused-ring (bicyclic) bond motifs is 1. The van der Waals surface area contributed by atoms with E-state index in [0.29, 0.717) is 24.8 Å². The quantitative estimate of drug-likeness (QED) is 0.626. The summed E-state index contributed by atoms with van der Waals surface area (Å²) in [7, 11) is 1.63. The van der Waals surface area contributed by atoms with Gasteiger partial charge in [-0.25, -0.2) is 4.98 Å². The van der Waals surface area contributed by atoms with Gasteiger partial charge in [-0.15, -0.1) is 11.3 Å². The van der Waals surface area contributed by atoms with Gasteiger partial charge in [-0.05, 0) is 37.5 Å². The molecule has 0 radical (unpaired) electrons. The Hall–Kier alpha value is -2.67. The van der Waals surface area contributed by atoms with Crippen molar-refractivity contribution in [1.82, 2.24) is 9.55 Å². The highest BCUT2D eigenvalue weighted by atomic mass is 32.1. The van der Waals surface area contributed by atoms with Gasteiger partial charge in [0.1, 0.15) is 16.4 Å². The number of aryl methyl sites for hydroxylation is 2. The molecule has 6 nitrogen and oxygen atoms in total. The molecule has 0 aliphatic heterocycles. The SMILES string of the molecule is CCCc1nc2sc(C)c(-c3cccc(OC)c3)c2c(=O)n1CCCC(N)=O. The Labute approximate surface area is 168 Å². The van der Waals surface area contributed by atoms with Crippen LogP contribution in [0.15, 0.2) is 29.1 Å². The number of nitrogens with two attached hydrogens (primary N) is 1. The third-order valence-corrected chi connectivity index (χ3v) is 5.70. The summed E-state index contributed by atoms with van der Waals surface area (Å²) >= 11 is 1.54. The van der Waals surface area contributed by atoms with Gasteiger partial charge in [-0.1, -0.05) is 19.1 Å². The minimum atomic E-state index is -0.359. The van der Waals surface area contributed by atoms with Gasteiger partial charge in [-0.2, -0.15) is 0 Å². The Balaban J connectivity index is 2.19. The molecule has 7 heteroatoms. The Morgan fingerprint density at radius 3 is 2.82 bits per heavy atom. The Morgan fingerprint density at radius 1 is 1.36 bits per heavy atom. The Kier molecular flexibility index (Phi) is 6.14. The fraction of sp³-hybridized carbons (Fsp3) is 0.381.